The third-order valence-electron chi connectivity index (χ3n) is 5.73. The quantitative estimate of drug-likeness (QED) is 0.723. The van der Waals surface area contributed by atoms with Crippen molar-refractivity contribution in [2.75, 3.05) is 11.9 Å². The molecule has 4 heterocycles. The molecule has 0 atom stereocenters. The first-order valence-corrected chi connectivity index (χ1v) is 10.1. The number of carbonyl (C=O) groups excluding carboxylic acids is 1. The zero-order chi connectivity index (χ0) is 20.0. The molecule has 1 aliphatic carbocycles. The largest absolute Gasteiger partial charge is 0.338 e. The molecule has 1 fully saturated rings. The van der Waals surface area contributed by atoms with E-state index in [1.807, 2.05) is 42.7 Å². The summed E-state index contributed by atoms with van der Waals surface area (Å²) >= 11 is 0. The fraction of sp³-hybridized carbons (Fsp3) is 0.429. The predicted octanol–water partition coefficient (Wildman–Crippen LogP) is 2.74. The Morgan fingerprint density at radius 1 is 1.28 bits per heavy atom. The predicted molar refractivity (Wildman–Crippen MR) is 109 cm³/mol. The molecule has 1 saturated carbocycles. The van der Waals surface area contributed by atoms with Gasteiger partial charge in [0.1, 0.15) is 0 Å². The summed E-state index contributed by atoms with van der Waals surface area (Å²) in [6.45, 7) is 3.98. The Hall–Kier alpha value is -3.16. The first-order chi connectivity index (χ1) is 14.1. The van der Waals surface area contributed by atoms with Gasteiger partial charge in [-0.2, -0.15) is 10.2 Å². The van der Waals surface area contributed by atoms with Crippen LogP contribution in [-0.2, 0) is 31.4 Å². The molecule has 2 aliphatic rings. The van der Waals surface area contributed by atoms with Crippen molar-refractivity contribution < 1.29 is 4.79 Å². The topological polar surface area (TPSA) is 80.9 Å². The van der Waals surface area contributed by atoms with E-state index >= 15 is 0 Å². The summed E-state index contributed by atoms with van der Waals surface area (Å²) in [6, 6.07) is 3.99. The molecule has 0 aromatic carbocycles. The highest BCUT2D eigenvalue weighted by atomic mass is 16.2. The van der Waals surface area contributed by atoms with E-state index in [0.717, 1.165) is 53.8 Å². The van der Waals surface area contributed by atoms with Gasteiger partial charge < -0.3 is 10.2 Å². The highest BCUT2D eigenvalue weighted by molar-refractivity contribution is 5.74. The normalized spacial score (nSPS) is 16.0. The molecule has 1 N–H and O–H groups in total. The summed E-state index contributed by atoms with van der Waals surface area (Å²) in [7, 11) is 1.89. The molecule has 5 rings (SSSR count). The Balaban J connectivity index is 1.41. The third-order valence-corrected chi connectivity index (χ3v) is 5.73. The van der Waals surface area contributed by atoms with Gasteiger partial charge in [-0.05, 0) is 30.9 Å². The van der Waals surface area contributed by atoms with Crippen LogP contribution in [0.15, 0.2) is 30.7 Å². The highest BCUT2D eigenvalue weighted by Gasteiger charge is 2.29. The van der Waals surface area contributed by atoms with Crippen molar-refractivity contribution in [1.29, 1.82) is 0 Å². The number of aromatic nitrogens is 5. The summed E-state index contributed by atoms with van der Waals surface area (Å²) in [5.74, 6) is 1.69. The molecule has 3 aromatic rings. The van der Waals surface area contributed by atoms with E-state index in [2.05, 4.69) is 20.1 Å². The lowest BCUT2D eigenvalue weighted by atomic mass is 10.1. The number of aryl methyl sites for hydroxylation is 1. The Bertz CT molecular complexity index is 1050. The van der Waals surface area contributed by atoms with Crippen molar-refractivity contribution in [2.24, 2.45) is 13.0 Å². The van der Waals surface area contributed by atoms with E-state index < -0.39 is 0 Å². The number of rotatable bonds is 5. The monoisotopic (exact) mass is 391 g/mol. The number of nitrogens with one attached hydrogen (secondary N) is 1. The van der Waals surface area contributed by atoms with E-state index in [0.29, 0.717) is 6.54 Å². The zero-order valence-corrected chi connectivity index (χ0v) is 16.8. The number of hydrogen-bond acceptors (Lipinski definition) is 5. The van der Waals surface area contributed by atoms with Gasteiger partial charge in [0.05, 0.1) is 30.3 Å². The van der Waals surface area contributed by atoms with Gasteiger partial charge in [-0.15, -0.1) is 0 Å². The molecule has 3 aromatic heterocycles. The molecule has 1 aliphatic heterocycles. The first kappa shape index (κ1) is 17.9. The minimum atomic E-state index is 0.110. The number of nitrogens with zero attached hydrogens (tertiary/aromatic N) is 6. The molecule has 0 bridgehead atoms. The smallest absolute Gasteiger partial charge is 0.219 e. The third kappa shape index (κ3) is 3.62. The molecule has 0 radical (unpaired) electrons. The fourth-order valence-corrected chi connectivity index (χ4v) is 3.88. The summed E-state index contributed by atoms with van der Waals surface area (Å²) in [5, 5.41) is 12.5. The molecule has 1 amide bonds. The zero-order valence-electron chi connectivity index (χ0n) is 16.8. The highest BCUT2D eigenvalue weighted by Crippen LogP contribution is 2.34. The summed E-state index contributed by atoms with van der Waals surface area (Å²) < 4.78 is 3.92. The van der Waals surface area contributed by atoms with Gasteiger partial charge in [-0.3, -0.25) is 19.1 Å². The Morgan fingerprint density at radius 3 is 2.79 bits per heavy atom. The first-order valence-electron chi connectivity index (χ1n) is 10.1. The Labute approximate surface area is 169 Å². The van der Waals surface area contributed by atoms with E-state index in [-0.39, 0.29) is 5.91 Å². The van der Waals surface area contributed by atoms with Crippen molar-refractivity contribution in [3.8, 4) is 11.3 Å². The van der Waals surface area contributed by atoms with Gasteiger partial charge in [0.25, 0.3) is 0 Å². The van der Waals surface area contributed by atoms with Gasteiger partial charge in [0, 0.05) is 56.5 Å². The molecule has 150 valence electrons. The van der Waals surface area contributed by atoms with Crippen LogP contribution in [0.5, 0.6) is 0 Å². The minimum Gasteiger partial charge on any atom is -0.338 e. The molecular weight excluding hydrogens is 366 g/mol. The maximum absolute atomic E-state index is 11.9. The van der Waals surface area contributed by atoms with Crippen LogP contribution in [0.3, 0.4) is 0 Å². The fourth-order valence-electron chi connectivity index (χ4n) is 3.88. The van der Waals surface area contributed by atoms with E-state index in [9.17, 15) is 4.79 Å². The second-order valence-electron chi connectivity index (χ2n) is 8.05. The van der Waals surface area contributed by atoms with Crippen molar-refractivity contribution in [2.45, 2.75) is 39.3 Å². The number of pyridine rings is 1. The maximum Gasteiger partial charge on any atom is 0.219 e. The summed E-state index contributed by atoms with van der Waals surface area (Å²) in [6.07, 6.45) is 9.01. The molecule has 0 unspecified atom stereocenters. The van der Waals surface area contributed by atoms with Crippen LogP contribution in [0.1, 0.15) is 31.0 Å². The summed E-state index contributed by atoms with van der Waals surface area (Å²) in [5.41, 5.74) is 5.15. The van der Waals surface area contributed by atoms with Gasteiger partial charge in [-0.25, -0.2) is 0 Å². The van der Waals surface area contributed by atoms with E-state index in [1.54, 1.807) is 11.6 Å². The SMILES string of the molecule is CC(=O)N1CCc2c(c(Nc3ccc(-c4cnn(C)c4)nc3)nn2CC2CC2)C1. The van der Waals surface area contributed by atoms with Crippen LogP contribution in [0.25, 0.3) is 11.3 Å². The average Bonchev–Trinajstić information content (AvgIpc) is 3.33. The number of carbonyl (C=O) groups is 1. The lowest BCUT2D eigenvalue weighted by molar-refractivity contribution is -0.129. The van der Waals surface area contributed by atoms with Crippen LogP contribution in [-0.4, -0.2) is 41.9 Å². The van der Waals surface area contributed by atoms with Crippen molar-refractivity contribution in [1.82, 2.24) is 29.4 Å². The molecule has 0 spiro atoms. The molecule has 8 nitrogen and oxygen atoms in total. The minimum absolute atomic E-state index is 0.110. The Morgan fingerprint density at radius 2 is 2.14 bits per heavy atom. The number of fused-ring (bicyclic) bond motifs is 1. The second-order valence-corrected chi connectivity index (χ2v) is 8.05. The van der Waals surface area contributed by atoms with Crippen molar-refractivity contribution >= 4 is 17.4 Å². The van der Waals surface area contributed by atoms with Crippen LogP contribution >= 0.6 is 0 Å². The maximum atomic E-state index is 11.9. The van der Waals surface area contributed by atoms with Crippen molar-refractivity contribution in [3.63, 3.8) is 0 Å². The van der Waals surface area contributed by atoms with Gasteiger partial charge in [0.15, 0.2) is 5.82 Å². The summed E-state index contributed by atoms with van der Waals surface area (Å²) in [4.78, 5) is 18.4. The molecular formula is C21H25N7O. The van der Waals surface area contributed by atoms with E-state index in [4.69, 9.17) is 5.10 Å². The van der Waals surface area contributed by atoms with Crippen LogP contribution in [0, 0.1) is 5.92 Å². The van der Waals surface area contributed by atoms with Crippen LogP contribution in [0.2, 0.25) is 0 Å². The molecule has 0 saturated heterocycles. The van der Waals surface area contributed by atoms with Crippen LogP contribution in [0.4, 0.5) is 11.5 Å². The number of hydrogen-bond donors (Lipinski definition) is 1. The average molecular weight is 391 g/mol. The van der Waals surface area contributed by atoms with Gasteiger partial charge in [0.2, 0.25) is 5.91 Å². The lowest BCUT2D eigenvalue weighted by Crippen LogP contribution is -2.34. The van der Waals surface area contributed by atoms with Crippen LogP contribution < -0.4 is 5.32 Å². The van der Waals surface area contributed by atoms with E-state index in [1.165, 1.54) is 18.5 Å². The molecule has 29 heavy (non-hydrogen) atoms. The number of amides is 1. The second kappa shape index (κ2) is 7.02. The Kier molecular flexibility index (Phi) is 4.34. The molecule has 8 heteroatoms. The van der Waals surface area contributed by atoms with Gasteiger partial charge in [-0.1, -0.05) is 0 Å². The van der Waals surface area contributed by atoms with Crippen molar-refractivity contribution in [3.05, 3.63) is 42.0 Å². The van der Waals surface area contributed by atoms with Gasteiger partial charge >= 0.3 is 0 Å². The lowest BCUT2D eigenvalue weighted by Gasteiger charge is -2.26. The standard InChI is InChI=1S/C21H25N7O/c1-14(29)27-8-7-20-18(13-27)21(25-28(20)11-15-3-4-15)24-17-5-6-19(22-10-17)16-9-23-26(2)12-16/h5-6,9-10,12,15H,3-4,7-8,11,13H2,1-2H3,(H,24,25). The number of anilines is 2.